The van der Waals surface area contributed by atoms with Gasteiger partial charge in [0.25, 0.3) is 0 Å². The van der Waals surface area contributed by atoms with E-state index >= 15 is 0 Å². The number of rotatable bonds is 27. The quantitative estimate of drug-likeness (QED) is 0.0866. The second kappa shape index (κ2) is 29.3. The zero-order chi connectivity index (χ0) is 30.7. The van der Waals surface area contributed by atoms with Crippen LogP contribution in [0.4, 0.5) is 0 Å². The Hall–Kier alpha value is 0.260. The van der Waals surface area contributed by atoms with Crippen LogP contribution in [0.5, 0.6) is 0 Å². The topological polar surface area (TPSA) is 61.8 Å². The van der Waals surface area contributed by atoms with Crippen LogP contribution < -0.4 is 0 Å². The molecule has 5 unspecified atom stereocenters. The van der Waals surface area contributed by atoms with Gasteiger partial charge in [-0.15, -0.1) is 0 Å². The Morgan fingerprint density at radius 3 is 1.02 bits per heavy atom. The minimum absolute atomic E-state index is 0.416. The van der Waals surface area contributed by atoms with Crippen LogP contribution in [0.1, 0.15) is 158 Å². The van der Waals surface area contributed by atoms with E-state index < -0.39 is 18.6 Å². The molecule has 0 aliphatic heterocycles. The highest BCUT2D eigenvalue weighted by molar-refractivity contribution is 7.84. The fourth-order valence-electron chi connectivity index (χ4n) is 4.63. The molecule has 244 valence electrons. The molecule has 7 heteroatoms. The molecule has 0 radical (unpaired) electrons. The Labute approximate surface area is 254 Å². The second-order valence-electron chi connectivity index (χ2n) is 11.7. The number of unbranched alkanes of at least 4 members (excludes halogenated alkanes) is 4. The van der Waals surface area contributed by atoms with Crippen molar-refractivity contribution in [3.63, 3.8) is 0 Å². The molecule has 0 aromatic rings. The number of hydrogen-bond acceptors (Lipinski definition) is 5. The van der Waals surface area contributed by atoms with Gasteiger partial charge in [-0.25, -0.2) is 4.57 Å². The average Bonchev–Trinajstić information content (AvgIpc) is 2.95. The lowest BCUT2D eigenvalue weighted by Crippen LogP contribution is -2.16. The lowest BCUT2D eigenvalue weighted by Gasteiger charge is -2.25. The summed E-state index contributed by atoms with van der Waals surface area (Å²) in [4.78, 5) is 0. The maximum atomic E-state index is 13.4. The number of hydrogen-bond donors (Lipinski definition) is 0. The Balaban J connectivity index is 0. The Morgan fingerprint density at radius 1 is 0.525 bits per heavy atom. The summed E-state index contributed by atoms with van der Waals surface area (Å²) in [7, 11) is -4.12. The van der Waals surface area contributed by atoms with E-state index in [1.54, 1.807) is 6.26 Å². The van der Waals surface area contributed by atoms with Crippen molar-refractivity contribution in [1.82, 2.24) is 0 Å². The van der Waals surface area contributed by atoms with Crippen LogP contribution in [0.3, 0.4) is 0 Å². The van der Waals surface area contributed by atoms with Crippen molar-refractivity contribution in [2.45, 2.75) is 158 Å². The maximum Gasteiger partial charge on any atom is 0.474 e. The van der Waals surface area contributed by atoms with E-state index in [9.17, 15) is 8.77 Å². The molecule has 0 aromatic carbocycles. The van der Waals surface area contributed by atoms with Crippen molar-refractivity contribution in [2.75, 3.05) is 31.8 Å². The zero-order valence-corrected chi connectivity index (χ0v) is 30.1. The normalized spacial score (nSPS) is 16.8. The third-order valence-corrected chi connectivity index (χ3v) is 10.4. The van der Waals surface area contributed by atoms with Gasteiger partial charge >= 0.3 is 7.82 Å². The van der Waals surface area contributed by atoms with E-state index in [0.29, 0.717) is 43.5 Å². The summed E-state index contributed by atoms with van der Waals surface area (Å²) in [5.74, 6) is 2.84. The molecule has 0 saturated heterocycles. The molecule has 40 heavy (non-hydrogen) atoms. The summed E-state index contributed by atoms with van der Waals surface area (Å²) in [5.41, 5.74) is 0. The van der Waals surface area contributed by atoms with E-state index in [4.69, 9.17) is 13.6 Å². The molecular formula is C33H71O5PS. The molecule has 0 heterocycles. The van der Waals surface area contributed by atoms with Gasteiger partial charge < -0.3 is 0 Å². The van der Waals surface area contributed by atoms with Crippen LogP contribution >= 0.6 is 7.82 Å². The van der Waals surface area contributed by atoms with Crippen molar-refractivity contribution < 1.29 is 22.3 Å². The molecule has 0 spiro atoms. The molecule has 5 atom stereocenters. The predicted molar refractivity (Wildman–Crippen MR) is 178 cm³/mol. The molecule has 0 saturated carbocycles. The monoisotopic (exact) mass is 610 g/mol. The molecule has 0 aliphatic rings. The average molecular weight is 611 g/mol. The van der Waals surface area contributed by atoms with Gasteiger partial charge in [-0.1, -0.05) is 132 Å². The van der Waals surface area contributed by atoms with Crippen molar-refractivity contribution in [1.29, 1.82) is 0 Å². The SMILES string of the molecule is CCCCC(CC)COP(=O)(OCC(CC)CCCC)OCC(CC)CCCC.CCCCC(CC)CS(C)=O. The lowest BCUT2D eigenvalue weighted by atomic mass is 10.0. The van der Waals surface area contributed by atoms with Crippen LogP contribution in [0.15, 0.2) is 0 Å². The van der Waals surface area contributed by atoms with E-state index in [0.717, 1.165) is 44.3 Å². The summed E-state index contributed by atoms with van der Waals surface area (Å²) >= 11 is 0. The highest BCUT2D eigenvalue weighted by Gasteiger charge is 2.30. The van der Waals surface area contributed by atoms with Crippen LogP contribution in [-0.2, 0) is 28.9 Å². The van der Waals surface area contributed by atoms with Crippen LogP contribution in [-0.4, -0.2) is 36.0 Å². The first-order valence-electron chi connectivity index (χ1n) is 17.0. The molecule has 0 rings (SSSR count). The smallest absolute Gasteiger partial charge is 0.287 e. The minimum atomic E-state index is -3.52. The van der Waals surface area contributed by atoms with E-state index in [-0.39, 0.29) is 0 Å². The minimum Gasteiger partial charge on any atom is -0.287 e. The lowest BCUT2D eigenvalue weighted by molar-refractivity contribution is 0.0732. The molecule has 0 amide bonds. The fraction of sp³-hybridized carbons (Fsp3) is 1.00. The molecule has 0 N–H and O–H groups in total. The maximum absolute atomic E-state index is 13.4. The highest BCUT2D eigenvalue weighted by atomic mass is 32.2. The standard InChI is InChI=1S/C24H51O4P.C9H20OS/c1-7-13-16-22(10-4)19-26-29(25,27-20-23(11-5)17-14-8-2)28-21-24(12-6)18-15-9-3;1-4-6-7-9(5-2)8-11(3)10/h22-24H,7-21H2,1-6H3;9H,4-8H2,1-3H3. The van der Waals surface area contributed by atoms with Gasteiger partial charge in [0.1, 0.15) is 0 Å². The van der Waals surface area contributed by atoms with Gasteiger partial charge in [-0.05, 0) is 49.4 Å². The van der Waals surface area contributed by atoms with Crippen molar-refractivity contribution in [3.05, 3.63) is 0 Å². The van der Waals surface area contributed by atoms with Gasteiger partial charge in [0.15, 0.2) is 0 Å². The van der Waals surface area contributed by atoms with Gasteiger partial charge in [-0.2, -0.15) is 0 Å². The summed E-state index contributed by atoms with van der Waals surface area (Å²) in [6.07, 6.45) is 20.2. The summed E-state index contributed by atoms with van der Waals surface area (Å²) < 4.78 is 42.0. The van der Waals surface area contributed by atoms with Gasteiger partial charge in [0, 0.05) is 22.8 Å². The zero-order valence-electron chi connectivity index (χ0n) is 28.3. The summed E-state index contributed by atoms with van der Waals surface area (Å²) in [5, 5.41) is 0. The molecular weight excluding hydrogens is 539 g/mol. The predicted octanol–water partition coefficient (Wildman–Crippen LogP) is 11.4. The van der Waals surface area contributed by atoms with Crippen molar-refractivity contribution >= 4 is 18.6 Å². The molecule has 0 fully saturated rings. The third kappa shape index (κ3) is 24.8. The Bertz CT molecular complexity index is 546. The van der Waals surface area contributed by atoms with Crippen LogP contribution in [0.25, 0.3) is 0 Å². The van der Waals surface area contributed by atoms with Gasteiger partial charge in [0.2, 0.25) is 0 Å². The second-order valence-corrected chi connectivity index (χ2v) is 14.9. The summed E-state index contributed by atoms with van der Waals surface area (Å²) in [6, 6.07) is 0. The first-order valence-corrected chi connectivity index (χ1v) is 20.2. The number of phosphoric ester groups is 1. The van der Waals surface area contributed by atoms with Gasteiger partial charge in [-0.3, -0.25) is 17.8 Å². The number of phosphoric acid groups is 1. The highest BCUT2D eigenvalue weighted by Crippen LogP contribution is 2.51. The Morgan fingerprint density at radius 2 is 0.800 bits per heavy atom. The molecule has 0 bridgehead atoms. The molecule has 0 aromatic heterocycles. The van der Waals surface area contributed by atoms with E-state index in [1.807, 2.05) is 0 Å². The van der Waals surface area contributed by atoms with E-state index in [1.165, 1.54) is 64.2 Å². The van der Waals surface area contributed by atoms with E-state index in [2.05, 4.69) is 55.4 Å². The summed E-state index contributed by atoms with van der Waals surface area (Å²) in [6.45, 7) is 18.9. The fourth-order valence-corrected chi connectivity index (χ4v) is 7.10. The molecule has 5 nitrogen and oxygen atoms in total. The first-order chi connectivity index (χ1) is 19.2. The largest absolute Gasteiger partial charge is 0.474 e. The molecule has 0 aliphatic carbocycles. The van der Waals surface area contributed by atoms with Crippen LogP contribution in [0.2, 0.25) is 0 Å². The van der Waals surface area contributed by atoms with Crippen molar-refractivity contribution in [2.24, 2.45) is 23.7 Å². The van der Waals surface area contributed by atoms with Crippen molar-refractivity contribution in [3.8, 4) is 0 Å². The Kier molecular flexibility index (Phi) is 31.1. The first kappa shape index (κ1) is 42.4. The van der Waals surface area contributed by atoms with Gasteiger partial charge in [0.05, 0.1) is 19.8 Å². The third-order valence-electron chi connectivity index (χ3n) is 8.05. The van der Waals surface area contributed by atoms with Crippen LogP contribution in [0, 0.1) is 23.7 Å².